The molecule has 2 aromatic carbocycles. The average molecular weight is 486 g/mol. The number of anilines is 2. The van der Waals surface area contributed by atoms with Gasteiger partial charge in [-0.1, -0.05) is 35.3 Å². The van der Waals surface area contributed by atoms with E-state index in [0.29, 0.717) is 16.1 Å². The van der Waals surface area contributed by atoms with Gasteiger partial charge in [0, 0.05) is 11.4 Å². The molecule has 0 amide bonds. The fraction of sp³-hybridized carbons (Fsp3) is 0.148. The van der Waals surface area contributed by atoms with E-state index in [9.17, 15) is 0 Å². The molecular formula is C27H21Cl2N5. The molecule has 0 spiro atoms. The van der Waals surface area contributed by atoms with Gasteiger partial charge in [0.25, 0.3) is 0 Å². The van der Waals surface area contributed by atoms with Gasteiger partial charge < -0.3 is 9.88 Å². The summed E-state index contributed by atoms with van der Waals surface area (Å²) in [4.78, 5) is 14.4. The first kappa shape index (κ1) is 21.1. The summed E-state index contributed by atoms with van der Waals surface area (Å²) in [7, 11) is 0. The minimum absolute atomic E-state index is 0.362. The number of fused-ring (bicyclic) bond motifs is 2. The number of hydrogen-bond acceptors (Lipinski definition) is 4. The van der Waals surface area contributed by atoms with Gasteiger partial charge in [0.15, 0.2) is 0 Å². The molecule has 0 saturated heterocycles. The second kappa shape index (κ2) is 8.42. The maximum atomic E-state index is 6.41. The number of nitrogens with one attached hydrogen (secondary N) is 1. The Hall–Kier alpha value is -3.41. The van der Waals surface area contributed by atoms with Gasteiger partial charge in [0.05, 0.1) is 61.4 Å². The summed E-state index contributed by atoms with van der Waals surface area (Å²) in [6.07, 6.45) is 4.07. The van der Waals surface area contributed by atoms with Crippen LogP contribution in [0.5, 0.6) is 0 Å². The number of aryl methyl sites for hydroxylation is 1. The van der Waals surface area contributed by atoms with Gasteiger partial charge in [0.2, 0.25) is 0 Å². The predicted molar refractivity (Wildman–Crippen MR) is 139 cm³/mol. The molecule has 0 unspecified atom stereocenters. The predicted octanol–water partition coefficient (Wildman–Crippen LogP) is 6.95. The van der Waals surface area contributed by atoms with Crippen LogP contribution in [-0.4, -0.2) is 20.6 Å². The molecule has 0 bridgehead atoms. The molecule has 1 aromatic heterocycles. The Labute approximate surface area is 207 Å². The topological polar surface area (TPSA) is 55.1 Å². The van der Waals surface area contributed by atoms with E-state index < -0.39 is 0 Å². The summed E-state index contributed by atoms with van der Waals surface area (Å²) in [5.74, 6) is 0. The molecule has 168 valence electrons. The van der Waals surface area contributed by atoms with Crippen LogP contribution in [0, 0.1) is 6.92 Å². The lowest BCUT2D eigenvalue weighted by Gasteiger charge is -2.20. The molecular weight excluding hydrogens is 465 g/mol. The molecule has 6 rings (SSSR count). The first-order chi connectivity index (χ1) is 16.5. The molecule has 1 N–H and O–H groups in total. The minimum Gasteiger partial charge on any atom is -0.352 e. The molecule has 34 heavy (non-hydrogen) atoms. The van der Waals surface area contributed by atoms with E-state index in [2.05, 4.69) is 33.1 Å². The Bertz CT molecular complexity index is 1570. The Morgan fingerprint density at radius 1 is 0.971 bits per heavy atom. The molecule has 5 nitrogen and oxygen atoms in total. The van der Waals surface area contributed by atoms with Crippen LogP contribution in [0.1, 0.15) is 18.5 Å². The van der Waals surface area contributed by atoms with E-state index in [0.717, 1.165) is 63.4 Å². The summed E-state index contributed by atoms with van der Waals surface area (Å²) in [6, 6.07) is 22.3. The normalized spacial score (nSPS) is 14.1. The fourth-order valence-corrected chi connectivity index (χ4v) is 4.34. The third-order valence-electron chi connectivity index (χ3n) is 5.92. The van der Waals surface area contributed by atoms with Crippen molar-refractivity contribution in [1.82, 2.24) is 14.5 Å². The number of benzene rings is 3. The zero-order valence-electron chi connectivity index (χ0n) is 18.5. The molecule has 1 fully saturated rings. The zero-order valence-corrected chi connectivity index (χ0v) is 20.0. The van der Waals surface area contributed by atoms with Crippen molar-refractivity contribution < 1.29 is 0 Å². The number of nitrogens with zero attached hydrogens (tertiary/aromatic N) is 4. The van der Waals surface area contributed by atoms with Crippen molar-refractivity contribution in [3.05, 3.63) is 94.0 Å². The number of halogens is 2. The van der Waals surface area contributed by atoms with E-state index in [1.807, 2.05) is 61.7 Å². The third-order valence-corrected chi connectivity index (χ3v) is 6.66. The van der Waals surface area contributed by atoms with Gasteiger partial charge in [-0.05, 0) is 74.4 Å². The standard InChI is InChI=1S/C27H21Cl2N5/c1-16-6-7-18(15-30-16)32-23-13-25-27(14-24(23)31-17-8-9-17)34(19-10-11-20(28)21(29)12-19)26-5-3-2-4-22(26)33-25/h2-7,10-15,17,32H,8-9H2,1H3. The van der Waals surface area contributed by atoms with Crippen molar-refractivity contribution in [2.24, 2.45) is 4.99 Å². The molecule has 1 aliphatic heterocycles. The average Bonchev–Trinajstić information content (AvgIpc) is 3.65. The SMILES string of the molecule is Cc1ccc(Nc2cc3nc4ccccc4n(-c4ccc(Cl)c(Cl)c4)c-3cc2=NC2CC2)cn1. The highest BCUT2D eigenvalue weighted by Crippen LogP contribution is 2.33. The van der Waals surface area contributed by atoms with Gasteiger partial charge >= 0.3 is 0 Å². The monoisotopic (exact) mass is 485 g/mol. The quantitative estimate of drug-likeness (QED) is 0.280. The maximum absolute atomic E-state index is 6.41. The molecule has 0 atom stereocenters. The molecule has 3 aromatic rings. The summed E-state index contributed by atoms with van der Waals surface area (Å²) in [5.41, 5.74) is 7.38. The molecule has 2 aliphatic carbocycles. The van der Waals surface area contributed by atoms with Crippen LogP contribution in [0.4, 0.5) is 11.4 Å². The smallest absolute Gasteiger partial charge is 0.0900 e. The van der Waals surface area contributed by atoms with E-state index in [1.54, 1.807) is 0 Å². The van der Waals surface area contributed by atoms with Crippen molar-refractivity contribution in [3.63, 3.8) is 0 Å². The summed E-state index contributed by atoms with van der Waals surface area (Å²) in [5, 5.41) is 5.44. The highest BCUT2D eigenvalue weighted by Gasteiger charge is 2.22. The Morgan fingerprint density at radius 3 is 2.59 bits per heavy atom. The van der Waals surface area contributed by atoms with Crippen LogP contribution in [0.15, 0.2) is 77.9 Å². The summed E-state index contributed by atoms with van der Waals surface area (Å²) >= 11 is 12.6. The minimum atomic E-state index is 0.362. The second-order valence-electron chi connectivity index (χ2n) is 8.57. The van der Waals surface area contributed by atoms with E-state index >= 15 is 0 Å². The van der Waals surface area contributed by atoms with Crippen LogP contribution >= 0.6 is 23.2 Å². The van der Waals surface area contributed by atoms with Gasteiger partial charge in [0.1, 0.15) is 0 Å². The van der Waals surface area contributed by atoms with Crippen molar-refractivity contribution in [3.8, 4) is 17.1 Å². The zero-order chi connectivity index (χ0) is 23.2. The van der Waals surface area contributed by atoms with Gasteiger partial charge in [-0.3, -0.25) is 9.98 Å². The fourth-order valence-electron chi connectivity index (χ4n) is 4.05. The Balaban J connectivity index is 1.63. The number of pyridine rings is 1. The highest BCUT2D eigenvalue weighted by molar-refractivity contribution is 6.42. The van der Waals surface area contributed by atoms with Crippen LogP contribution in [0.25, 0.3) is 28.1 Å². The van der Waals surface area contributed by atoms with E-state index in [-0.39, 0.29) is 0 Å². The van der Waals surface area contributed by atoms with Crippen molar-refractivity contribution in [2.75, 3.05) is 5.32 Å². The Kier molecular flexibility index (Phi) is 5.24. The van der Waals surface area contributed by atoms with Crippen LogP contribution in [-0.2, 0) is 0 Å². The maximum Gasteiger partial charge on any atom is 0.0900 e. The lowest BCUT2D eigenvalue weighted by Crippen LogP contribution is -2.15. The molecule has 7 heteroatoms. The highest BCUT2D eigenvalue weighted by atomic mass is 35.5. The van der Waals surface area contributed by atoms with Crippen molar-refractivity contribution in [1.29, 1.82) is 0 Å². The van der Waals surface area contributed by atoms with Gasteiger partial charge in [-0.25, -0.2) is 4.98 Å². The van der Waals surface area contributed by atoms with Crippen LogP contribution in [0.2, 0.25) is 10.0 Å². The summed E-state index contributed by atoms with van der Waals surface area (Å²) in [6.45, 7) is 1.98. The molecule has 2 heterocycles. The van der Waals surface area contributed by atoms with E-state index in [4.69, 9.17) is 33.2 Å². The molecule has 3 aliphatic rings. The van der Waals surface area contributed by atoms with Gasteiger partial charge in [-0.15, -0.1) is 0 Å². The second-order valence-corrected chi connectivity index (χ2v) is 9.38. The molecule has 1 saturated carbocycles. The van der Waals surface area contributed by atoms with Gasteiger partial charge in [-0.2, -0.15) is 0 Å². The lowest BCUT2D eigenvalue weighted by atomic mass is 10.1. The summed E-state index contributed by atoms with van der Waals surface area (Å²) < 4.78 is 2.17. The Morgan fingerprint density at radius 2 is 1.82 bits per heavy atom. The third kappa shape index (κ3) is 4.02. The number of aromatic nitrogens is 3. The number of hydrogen-bond donors (Lipinski definition) is 1. The van der Waals surface area contributed by atoms with Crippen molar-refractivity contribution >= 4 is 45.6 Å². The van der Waals surface area contributed by atoms with E-state index in [1.165, 1.54) is 0 Å². The molecule has 0 radical (unpaired) electrons. The lowest BCUT2D eigenvalue weighted by molar-refractivity contribution is 0.997. The number of rotatable bonds is 4. The first-order valence-corrected chi connectivity index (χ1v) is 12.0. The van der Waals surface area contributed by atoms with Crippen LogP contribution in [0.3, 0.4) is 0 Å². The first-order valence-electron chi connectivity index (χ1n) is 11.2. The van der Waals surface area contributed by atoms with Crippen LogP contribution < -0.4 is 10.7 Å². The largest absolute Gasteiger partial charge is 0.352 e. The van der Waals surface area contributed by atoms with Crippen molar-refractivity contribution in [2.45, 2.75) is 25.8 Å². The number of para-hydroxylation sites is 2.